The molecular weight excluding hydrogens is 422 g/mol. The zero-order valence-corrected chi connectivity index (χ0v) is 19.7. The van der Waals surface area contributed by atoms with Crippen molar-refractivity contribution in [1.82, 2.24) is 15.1 Å². The first-order valence-electron chi connectivity index (χ1n) is 12.0. The number of hydrogen-bond acceptors (Lipinski definition) is 4. The van der Waals surface area contributed by atoms with Gasteiger partial charge in [0.05, 0.1) is 7.11 Å². The van der Waals surface area contributed by atoms with E-state index < -0.39 is 0 Å². The molecule has 2 saturated heterocycles. The SMILES string of the molecule is COc1cccc2cc(C(=O)N3CCC4(CC3)CCN(C(=S)NC3CCCCC3)C4)oc12. The Labute approximate surface area is 195 Å². The number of nitrogens with zero attached hydrogens (tertiary/aromatic N) is 2. The van der Waals surface area contributed by atoms with Crippen LogP contribution in [0, 0.1) is 5.41 Å². The quantitative estimate of drug-likeness (QED) is 0.684. The Hall–Kier alpha value is -2.28. The molecule has 0 atom stereocenters. The second kappa shape index (κ2) is 8.93. The van der Waals surface area contributed by atoms with Crippen molar-refractivity contribution in [2.75, 3.05) is 33.3 Å². The van der Waals surface area contributed by atoms with Gasteiger partial charge in [0.15, 0.2) is 22.2 Å². The average Bonchev–Trinajstić information content (AvgIpc) is 3.44. The molecule has 32 heavy (non-hydrogen) atoms. The Balaban J connectivity index is 1.18. The maximum atomic E-state index is 13.1. The lowest BCUT2D eigenvalue weighted by Gasteiger charge is -2.39. The largest absolute Gasteiger partial charge is 0.493 e. The van der Waals surface area contributed by atoms with E-state index in [-0.39, 0.29) is 11.3 Å². The lowest BCUT2D eigenvalue weighted by molar-refractivity contribution is 0.0570. The molecule has 1 amide bonds. The fourth-order valence-electron chi connectivity index (χ4n) is 5.67. The minimum absolute atomic E-state index is 0.0255. The summed E-state index contributed by atoms with van der Waals surface area (Å²) in [5.41, 5.74) is 0.906. The fourth-order valence-corrected chi connectivity index (χ4v) is 5.99. The van der Waals surface area contributed by atoms with Crippen LogP contribution in [0.5, 0.6) is 5.75 Å². The highest BCUT2D eigenvalue weighted by atomic mass is 32.1. The highest BCUT2D eigenvalue weighted by Gasteiger charge is 2.42. The number of likely N-dealkylation sites (tertiary alicyclic amines) is 2. The van der Waals surface area contributed by atoms with Crippen molar-refractivity contribution >= 4 is 34.2 Å². The van der Waals surface area contributed by atoms with Crippen LogP contribution in [0.15, 0.2) is 28.7 Å². The van der Waals surface area contributed by atoms with Crippen LogP contribution < -0.4 is 10.1 Å². The Morgan fingerprint density at radius 3 is 2.56 bits per heavy atom. The molecule has 0 bridgehead atoms. The van der Waals surface area contributed by atoms with Crippen molar-refractivity contribution in [2.24, 2.45) is 5.41 Å². The summed E-state index contributed by atoms with van der Waals surface area (Å²) in [6.07, 6.45) is 9.65. The fraction of sp³-hybridized carbons (Fsp3) is 0.600. The second-order valence-corrected chi connectivity index (χ2v) is 10.1. The van der Waals surface area contributed by atoms with E-state index in [2.05, 4.69) is 10.2 Å². The first-order chi connectivity index (χ1) is 15.6. The van der Waals surface area contributed by atoms with Gasteiger partial charge >= 0.3 is 0 Å². The minimum Gasteiger partial charge on any atom is -0.493 e. The number of rotatable bonds is 3. The smallest absolute Gasteiger partial charge is 0.289 e. The van der Waals surface area contributed by atoms with Crippen LogP contribution in [0.3, 0.4) is 0 Å². The predicted molar refractivity (Wildman–Crippen MR) is 129 cm³/mol. The maximum absolute atomic E-state index is 13.1. The monoisotopic (exact) mass is 455 g/mol. The van der Waals surface area contributed by atoms with Gasteiger partial charge in [-0.2, -0.15) is 0 Å². The first-order valence-corrected chi connectivity index (χ1v) is 12.4. The highest BCUT2D eigenvalue weighted by Crippen LogP contribution is 2.41. The number of amides is 1. The molecule has 0 unspecified atom stereocenters. The van der Waals surface area contributed by atoms with Crippen LogP contribution in [0.4, 0.5) is 0 Å². The number of furan rings is 1. The molecule has 2 aliphatic heterocycles. The number of benzene rings is 1. The molecule has 1 aromatic heterocycles. The molecule has 3 fully saturated rings. The summed E-state index contributed by atoms with van der Waals surface area (Å²) in [5, 5.41) is 5.45. The molecule has 7 heteroatoms. The van der Waals surface area contributed by atoms with Crippen molar-refractivity contribution in [3.05, 3.63) is 30.0 Å². The third-order valence-corrected chi connectivity index (χ3v) is 8.08. The summed E-state index contributed by atoms with van der Waals surface area (Å²) >= 11 is 5.76. The van der Waals surface area contributed by atoms with Gasteiger partial charge < -0.3 is 24.3 Å². The number of nitrogens with one attached hydrogen (secondary N) is 1. The molecule has 1 aliphatic carbocycles. The molecule has 1 saturated carbocycles. The molecule has 6 nitrogen and oxygen atoms in total. The van der Waals surface area contributed by atoms with Crippen LogP contribution in [-0.2, 0) is 0 Å². The third kappa shape index (κ3) is 4.19. The van der Waals surface area contributed by atoms with Gasteiger partial charge in [-0.3, -0.25) is 4.79 Å². The zero-order valence-electron chi connectivity index (χ0n) is 18.9. The number of carbonyl (C=O) groups excluding carboxylic acids is 1. The number of piperidine rings is 1. The van der Waals surface area contributed by atoms with E-state index in [0.717, 1.165) is 55.9 Å². The van der Waals surface area contributed by atoms with E-state index in [1.807, 2.05) is 29.2 Å². The molecule has 1 aromatic carbocycles. The summed E-state index contributed by atoms with van der Waals surface area (Å²) in [7, 11) is 1.62. The van der Waals surface area contributed by atoms with E-state index in [0.29, 0.717) is 23.1 Å². The standard InChI is InChI=1S/C25H33N3O3S/c1-30-20-9-5-6-18-16-21(31-22(18)20)23(29)27-13-10-25(11-14-27)12-15-28(17-25)24(32)26-19-7-3-2-4-8-19/h5-6,9,16,19H,2-4,7-8,10-15,17H2,1H3,(H,26,32). The van der Waals surface area contributed by atoms with Gasteiger partial charge in [-0.05, 0) is 61.9 Å². The molecule has 3 heterocycles. The van der Waals surface area contributed by atoms with Gasteiger partial charge in [0, 0.05) is 37.6 Å². The number of para-hydroxylation sites is 1. The summed E-state index contributed by atoms with van der Waals surface area (Å²) in [5.74, 6) is 1.02. The molecule has 1 N–H and O–H groups in total. The molecule has 1 spiro atoms. The summed E-state index contributed by atoms with van der Waals surface area (Å²) < 4.78 is 11.3. The van der Waals surface area contributed by atoms with E-state index in [9.17, 15) is 4.79 Å². The van der Waals surface area contributed by atoms with Gasteiger partial charge in [0.2, 0.25) is 0 Å². The maximum Gasteiger partial charge on any atom is 0.289 e. The summed E-state index contributed by atoms with van der Waals surface area (Å²) in [4.78, 5) is 17.4. The van der Waals surface area contributed by atoms with Gasteiger partial charge in [0.1, 0.15) is 0 Å². The number of carbonyl (C=O) groups is 1. The molecule has 3 aliphatic rings. The van der Waals surface area contributed by atoms with Crippen molar-refractivity contribution < 1.29 is 13.9 Å². The van der Waals surface area contributed by atoms with Gasteiger partial charge in [-0.15, -0.1) is 0 Å². The van der Waals surface area contributed by atoms with E-state index in [1.165, 1.54) is 32.1 Å². The Bertz CT molecular complexity index is 989. The number of methoxy groups -OCH3 is 1. The summed E-state index contributed by atoms with van der Waals surface area (Å²) in [6, 6.07) is 8.09. The molecule has 172 valence electrons. The van der Waals surface area contributed by atoms with Crippen LogP contribution in [-0.4, -0.2) is 60.2 Å². The summed E-state index contributed by atoms with van der Waals surface area (Å²) in [6.45, 7) is 3.57. The molecule has 2 aromatic rings. The minimum atomic E-state index is -0.0255. The molecule has 5 rings (SSSR count). The zero-order chi connectivity index (χ0) is 22.1. The van der Waals surface area contributed by atoms with Crippen molar-refractivity contribution in [3.63, 3.8) is 0 Å². The van der Waals surface area contributed by atoms with Gasteiger partial charge in [-0.1, -0.05) is 31.4 Å². The van der Waals surface area contributed by atoms with Gasteiger partial charge in [-0.25, -0.2) is 0 Å². The number of fused-ring (bicyclic) bond motifs is 1. The predicted octanol–water partition coefficient (Wildman–Crippen LogP) is 4.58. The Morgan fingerprint density at radius 1 is 1.12 bits per heavy atom. The van der Waals surface area contributed by atoms with Gasteiger partial charge in [0.25, 0.3) is 5.91 Å². The molecule has 0 radical (unpaired) electrons. The number of ether oxygens (including phenoxy) is 1. The van der Waals surface area contributed by atoms with Crippen LogP contribution in [0.1, 0.15) is 61.9 Å². The first kappa shape index (κ1) is 21.6. The number of thiocarbonyl (C=S) groups is 1. The Kier molecular flexibility index (Phi) is 6.01. The lowest BCUT2D eigenvalue weighted by Crippen LogP contribution is -2.47. The van der Waals surface area contributed by atoms with E-state index in [1.54, 1.807) is 7.11 Å². The van der Waals surface area contributed by atoms with Crippen LogP contribution in [0.25, 0.3) is 11.0 Å². The Morgan fingerprint density at radius 2 is 1.84 bits per heavy atom. The number of hydrogen-bond donors (Lipinski definition) is 1. The average molecular weight is 456 g/mol. The van der Waals surface area contributed by atoms with Crippen LogP contribution in [0.2, 0.25) is 0 Å². The highest BCUT2D eigenvalue weighted by molar-refractivity contribution is 7.80. The molecular formula is C25H33N3O3S. The lowest BCUT2D eigenvalue weighted by atomic mass is 9.78. The second-order valence-electron chi connectivity index (χ2n) is 9.74. The van der Waals surface area contributed by atoms with E-state index in [4.69, 9.17) is 21.4 Å². The third-order valence-electron chi connectivity index (χ3n) is 7.71. The van der Waals surface area contributed by atoms with Crippen molar-refractivity contribution in [2.45, 2.75) is 57.4 Å². The van der Waals surface area contributed by atoms with Crippen molar-refractivity contribution in [3.8, 4) is 5.75 Å². The van der Waals surface area contributed by atoms with E-state index >= 15 is 0 Å². The normalized spacial score (nSPS) is 21.3. The van der Waals surface area contributed by atoms with Crippen molar-refractivity contribution in [1.29, 1.82) is 0 Å². The van der Waals surface area contributed by atoms with Crippen LogP contribution >= 0.6 is 12.2 Å². The topological polar surface area (TPSA) is 58.0 Å².